The summed E-state index contributed by atoms with van der Waals surface area (Å²) in [6.45, 7) is 7.70. The molecule has 1 aliphatic carbocycles. The van der Waals surface area contributed by atoms with Crippen LogP contribution in [0.2, 0.25) is 5.02 Å². The molecule has 6 amide bonds. The largest absolute Gasteiger partial charge is 0.491 e. The zero-order chi connectivity index (χ0) is 48.6. The highest BCUT2D eigenvalue weighted by Gasteiger charge is 2.34. The number of carbonyl (C=O) groups excluding carboxylic acids is 5. The maximum absolute atomic E-state index is 16.0. The summed E-state index contributed by atoms with van der Waals surface area (Å²) in [6, 6.07) is 23.7. The average molecular weight is 964 g/mol. The molecule has 0 radical (unpaired) electrons. The molecule has 3 heterocycles. The Morgan fingerprint density at radius 3 is 2.19 bits per heavy atom. The van der Waals surface area contributed by atoms with Gasteiger partial charge in [-0.15, -0.1) is 0 Å². The fraction of sp³-hybridized carbons (Fsp3) is 0.463. The quantitative estimate of drug-likeness (QED) is 0.101. The lowest BCUT2D eigenvalue weighted by atomic mass is 9.81. The van der Waals surface area contributed by atoms with Gasteiger partial charge in [-0.3, -0.25) is 29.4 Å². The van der Waals surface area contributed by atoms with Gasteiger partial charge in [-0.25, -0.2) is 9.18 Å². The van der Waals surface area contributed by atoms with Crippen LogP contribution in [0, 0.1) is 30.5 Å². The van der Waals surface area contributed by atoms with Crippen LogP contribution in [0.3, 0.4) is 0 Å². The van der Waals surface area contributed by atoms with Crippen molar-refractivity contribution in [1.82, 2.24) is 20.4 Å². The van der Waals surface area contributed by atoms with E-state index >= 15 is 4.39 Å². The minimum absolute atomic E-state index is 0.0197. The number of piperidine rings is 2. The number of amides is 6. The molecule has 69 heavy (non-hydrogen) atoms. The molecule has 4 N–H and O–H groups in total. The van der Waals surface area contributed by atoms with Crippen molar-refractivity contribution in [3.05, 3.63) is 112 Å². The number of primary amides is 1. The summed E-state index contributed by atoms with van der Waals surface area (Å²) in [6.07, 6.45) is 8.70. The lowest BCUT2D eigenvalue weighted by molar-refractivity contribution is -0.138. The molecular weight excluding hydrogens is 899 g/mol. The number of halogens is 2. The standard InChI is InChI=1S/C54H64ClFN6O7/c1-3-68-47-18-16-42(52(57)65)50(51(47)56)43-30-39(12-17-45(43)55)44(37-7-5-4-6-8-37)32-58-40-13-10-38(11-14-40)53(66)61-26-21-36(22-27-61)29-35-19-24-60(25-20-35)49(64)33-69-41-15-9-34(2)46(31-41)62-28-23-48(63)59-54(62)67/h4-9,12,15-18,30-31,35-36,38,40,44,58H,3,10-11,13-14,19-29,32-33H2,1-2H3,(H2,57,65)(H,59,63,67). The second-order valence-corrected chi connectivity index (χ2v) is 19.5. The first-order valence-corrected chi connectivity index (χ1v) is 25.0. The van der Waals surface area contributed by atoms with Crippen molar-refractivity contribution in [2.75, 3.05) is 57.4 Å². The van der Waals surface area contributed by atoms with E-state index in [-0.39, 0.29) is 72.1 Å². The van der Waals surface area contributed by atoms with Gasteiger partial charge in [0.2, 0.25) is 17.7 Å². The van der Waals surface area contributed by atoms with Gasteiger partial charge < -0.3 is 30.3 Å². The zero-order valence-electron chi connectivity index (χ0n) is 39.7. The number of carbonyl (C=O) groups is 5. The third kappa shape index (κ3) is 11.9. The number of anilines is 1. The Morgan fingerprint density at radius 2 is 1.52 bits per heavy atom. The van der Waals surface area contributed by atoms with Crippen LogP contribution in [0.15, 0.2) is 78.9 Å². The van der Waals surface area contributed by atoms with Crippen molar-refractivity contribution in [3.8, 4) is 22.6 Å². The molecular formula is C54H64ClFN6O7. The Balaban J connectivity index is 0.779. The number of likely N-dealkylation sites (tertiary alicyclic amines) is 2. The van der Waals surface area contributed by atoms with Crippen molar-refractivity contribution in [2.24, 2.45) is 23.5 Å². The van der Waals surface area contributed by atoms with Crippen LogP contribution in [0.25, 0.3) is 11.1 Å². The van der Waals surface area contributed by atoms with E-state index < -0.39 is 17.8 Å². The molecule has 3 aliphatic heterocycles. The lowest BCUT2D eigenvalue weighted by Gasteiger charge is -2.38. The number of nitrogens with two attached hydrogens (primary N) is 1. The number of benzene rings is 4. The normalized spacial score (nSPS) is 19.8. The number of ether oxygens (including phenoxy) is 2. The molecule has 0 aromatic heterocycles. The van der Waals surface area contributed by atoms with E-state index in [2.05, 4.69) is 27.7 Å². The maximum Gasteiger partial charge on any atom is 0.328 e. The van der Waals surface area contributed by atoms with Crippen molar-refractivity contribution >= 4 is 46.9 Å². The first-order chi connectivity index (χ1) is 33.4. The Bertz CT molecular complexity index is 2500. The molecule has 0 spiro atoms. The number of imide groups is 1. The van der Waals surface area contributed by atoms with Gasteiger partial charge in [-0.05, 0) is 130 Å². The number of hydrogen-bond acceptors (Lipinski definition) is 8. The van der Waals surface area contributed by atoms with Crippen molar-refractivity contribution < 1.29 is 37.8 Å². The van der Waals surface area contributed by atoms with Crippen LogP contribution in [0.1, 0.15) is 104 Å². The molecule has 3 saturated heterocycles. The minimum atomic E-state index is -0.762. The molecule has 0 bridgehead atoms. The third-order valence-corrected chi connectivity index (χ3v) is 15.0. The number of aryl methyl sites for hydroxylation is 1. The SMILES string of the molecule is CCOc1ccc(C(N)=O)c(-c2cc(C(CNC3CCC(C(=O)N4CCC(CC5CCN(C(=O)COc6ccc(C)c(N7CCC(=O)NC7=O)c6)CC5)CC4)CC3)c3ccccc3)ccc2Cl)c1F. The first kappa shape index (κ1) is 49.4. The van der Waals surface area contributed by atoms with Gasteiger partial charge >= 0.3 is 6.03 Å². The van der Waals surface area contributed by atoms with E-state index in [0.717, 1.165) is 87.6 Å². The second kappa shape index (κ2) is 22.6. The van der Waals surface area contributed by atoms with E-state index in [4.69, 9.17) is 26.8 Å². The van der Waals surface area contributed by atoms with Crippen LogP contribution in [0.5, 0.6) is 11.5 Å². The van der Waals surface area contributed by atoms with E-state index in [1.54, 1.807) is 25.1 Å². The van der Waals surface area contributed by atoms with E-state index in [1.807, 2.05) is 48.2 Å². The number of urea groups is 1. The summed E-state index contributed by atoms with van der Waals surface area (Å²) >= 11 is 6.73. The lowest BCUT2D eigenvalue weighted by Crippen LogP contribution is -2.49. The van der Waals surface area contributed by atoms with Crippen LogP contribution >= 0.6 is 11.6 Å². The van der Waals surface area contributed by atoms with Crippen molar-refractivity contribution in [2.45, 2.75) is 90.0 Å². The molecule has 8 rings (SSSR count). The highest BCUT2D eigenvalue weighted by Crippen LogP contribution is 2.40. The summed E-state index contributed by atoms with van der Waals surface area (Å²) < 4.78 is 27.4. The molecule has 366 valence electrons. The van der Waals surface area contributed by atoms with Crippen LogP contribution in [-0.2, 0) is 14.4 Å². The molecule has 4 aliphatic rings. The molecule has 4 fully saturated rings. The van der Waals surface area contributed by atoms with Gasteiger partial charge in [0.25, 0.3) is 5.91 Å². The molecule has 4 aromatic rings. The van der Waals surface area contributed by atoms with Crippen LogP contribution in [0.4, 0.5) is 14.9 Å². The smallest absolute Gasteiger partial charge is 0.328 e. The van der Waals surface area contributed by atoms with Crippen molar-refractivity contribution in [1.29, 1.82) is 0 Å². The molecule has 13 nitrogen and oxygen atoms in total. The Labute approximate surface area is 409 Å². The number of nitrogens with zero attached hydrogens (tertiary/aromatic N) is 3. The topological polar surface area (TPSA) is 164 Å². The third-order valence-electron chi connectivity index (χ3n) is 14.7. The van der Waals surface area contributed by atoms with E-state index in [0.29, 0.717) is 60.0 Å². The van der Waals surface area contributed by atoms with E-state index in [1.165, 1.54) is 17.0 Å². The summed E-state index contributed by atoms with van der Waals surface area (Å²) in [5.74, 6) is 0.0295. The number of hydrogen-bond donors (Lipinski definition) is 3. The van der Waals surface area contributed by atoms with Gasteiger partial charge in [0.1, 0.15) is 5.75 Å². The average Bonchev–Trinajstić information content (AvgIpc) is 3.35. The Hall–Kier alpha value is -5.99. The van der Waals surface area contributed by atoms with Gasteiger partial charge in [0.05, 0.1) is 17.9 Å². The highest BCUT2D eigenvalue weighted by atomic mass is 35.5. The first-order valence-electron chi connectivity index (χ1n) is 24.6. The highest BCUT2D eigenvalue weighted by molar-refractivity contribution is 6.33. The minimum Gasteiger partial charge on any atom is -0.491 e. The van der Waals surface area contributed by atoms with Crippen LogP contribution in [-0.4, -0.2) is 98.0 Å². The molecule has 15 heteroatoms. The van der Waals surface area contributed by atoms with Gasteiger partial charge in [0.15, 0.2) is 18.2 Å². The number of rotatable bonds is 16. The van der Waals surface area contributed by atoms with Gasteiger partial charge in [-0.2, -0.15) is 0 Å². The van der Waals surface area contributed by atoms with Crippen LogP contribution < -0.4 is 30.7 Å². The summed E-state index contributed by atoms with van der Waals surface area (Å²) in [4.78, 5) is 69.1. The Kier molecular flexibility index (Phi) is 16.2. The predicted molar refractivity (Wildman–Crippen MR) is 264 cm³/mol. The molecule has 4 aromatic carbocycles. The molecule has 1 saturated carbocycles. The summed E-state index contributed by atoms with van der Waals surface area (Å²) in [7, 11) is 0. The monoisotopic (exact) mass is 962 g/mol. The second-order valence-electron chi connectivity index (χ2n) is 19.1. The van der Waals surface area contributed by atoms with Gasteiger partial charge in [0, 0.05) is 85.8 Å². The molecule has 1 atom stereocenters. The Morgan fingerprint density at radius 1 is 0.826 bits per heavy atom. The fourth-order valence-corrected chi connectivity index (χ4v) is 10.9. The maximum atomic E-state index is 16.0. The number of nitrogens with one attached hydrogen (secondary N) is 2. The molecule has 1 unspecified atom stereocenters. The summed E-state index contributed by atoms with van der Waals surface area (Å²) in [5.41, 5.74) is 9.64. The zero-order valence-corrected chi connectivity index (χ0v) is 40.4. The van der Waals surface area contributed by atoms with Gasteiger partial charge in [-0.1, -0.05) is 54.1 Å². The predicted octanol–water partition coefficient (Wildman–Crippen LogP) is 8.63. The van der Waals surface area contributed by atoms with E-state index in [9.17, 15) is 24.0 Å². The summed E-state index contributed by atoms with van der Waals surface area (Å²) in [5, 5.41) is 6.45. The van der Waals surface area contributed by atoms with Crippen molar-refractivity contribution in [3.63, 3.8) is 0 Å². The fourth-order valence-electron chi connectivity index (χ4n) is 10.7.